The zero-order chi connectivity index (χ0) is 59.4. The topological polar surface area (TPSA) is 137 Å². The lowest BCUT2D eigenvalue weighted by molar-refractivity contribution is -0.170. The average Bonchev–Trinajstić information content (AvgIpc) is 0.685. The zero-order valence-corrected chi connectivity index (χ0v) is 53.2. The first-order chi connectivity index (χ1) is 41.5. The van der Waals surface area contributed by atoms with E-state index in [0.29, 0.717) is 60.9 Å². The number of carbonyl (C=O) groups is 3. The molecular formula is C76H107FN6O3. The molecule has 3 amide bonds. The SMILES string of the molecule is CCC12CC3CC(C(=O)N[C@H]4CCN[C@@H](C)C4)(C1)CC(c1ccc(C45CC6(CC)CC(C(=O)NC7CCC(CN)CC7)(CC(c7ccc(C8C(CCC(=O)N[C@@H]9CCNC[C@@H]9F)CC9(c%10ccccc%10)CCCC8(CC)C9)cc7)(C6)C4)C5)cc1)(C3)C2. The first-order valence-corrected chi connectivity index (χ1v) is 35.4. The Hall–Kier alpha value is -4.12. The number of hydrogen-bond acceptors (Lipinski definition) is 6. The highest BCUT2D eigenvalue weighted by Crippen LogP contribution is 2.76. The lowest BCUT2D eigenvalue weighted by atomic mass is 9.33. The maximum Gasteiger partial charge on any atom is 0.226 e. The van der Waals surface area contributed by atoms with Crippen molar-refractivity contribution in [3.8, 4) is 0 Å². The molecule has 10 bridgehead atoms. The number of hydrogen-bond donors (Lipinski definition) is 6. The van der Waals surface area contributed by atoms with Crippen molar-refractivity contribution in [1.29, 1.82) is 0 Å². The van der Waals surface area contributed by atoms with Crippen LogP contribution >= 0.6 is 0 Å². The summed E-state index contributed by atoms with van der Waals surface area (Å²) in [5.74, 6) is 2.39. The second-order valence-corrected chi connectivity index (χ2v) is 32.9. The number of benzene rings is 3. The third-order valence-corrected chi connectivity index (χ3v) is 27.7. The first kappa shape index (κ1) is 59.5. The quantitative estimate of drug-likeness (QED) is 0.0796. The highest BCUT2D eigenvalue weighted by Gasteiger charge is 2.71. The number of amides is 3. The van der Waals surface area contributed by atoms with Crippen LogP contribution in [0, 0.1) is 44.8 Å². The Bertz CT molecular complexity index is 2990. The molecule has 3 aromatic rings. The summed E-state index contributed by atoms with van der Waals surface area (Å²) in [6.07, 6.45) is 28.9. The Morgan fingerprint density at radius 1 is 0.593 bits per heavy atom. The van der Waals surface area contributed by atoms with Crippen LogP contribution in [0.5, 0.6) is 0 Å². The van der Waals surface area contributed by atoms with Crippen LogP contribution in [0.3, 0.4) is 0 Å². The molecule has 2 heterocycles. The van der Waals surface area contributed by atoms with Crippen molar-refractivity contribution in [2.24, 2.45) is 50.6 Å². The number of nitrogens with two attached hydrogens (primary N) is 1. The minimum absolute atomic E-state index is 0.00155. The highest BCUT2D eigenvalue weighted by molar-refractivity contribution is 5.85. The van der Waals surface area contributed by atoms with Gasteiger partial charge in [-0.3, -0.25) is 14.4 Å². The van der Waals surface area contributed by atoms with E-state index in [9.17, 15) is 9.59 Å². The molecule has 0 aromatic heterocycles. The van der Waals surface area contributed by atoms with Crippen LogP contribution in [-0.2, 0) is 36.0 Å². The Balaban J connectivity index is 0.804. The molecule has 16 rings (SSSR count). The van der Waals surface area contributed by atoms with Crippen LogP contribution in [0.15, 0.2) is 78.9 Å². The van der Waals surface area contributed by atoms with Gasteiger partial charge in [0.25, 0.3) is 0 Å². The predicted molar refractivity (Wildman–Crippen MR) is 342 cm³/mol. The van der Waals surface area contributed by atoms with E-state index < -0.39 is 17.6 Å². The summed E-state index contributed by atoms with van der Waals surface area (Å²) in [6, 6.07) is 32.2. The van der Waals surface area contributed by atoms with Gasteiger partial charge in [-0.2, -0.15) is 0 Å². The van der Waals surface area contributed by atoms with E-state index >= 15 is 9.18 Å². The fraction of sp³-hybridized carbons (Fsp3) is 0.724. The second-order valence-electron chi connectivity index (χ2n) is 32.9. The average molecular weight is 1170 g/mol. The molecule has 13 fully saturated rings. The molecule has 3 aromatic carbocycles. The molecule has 10 heteroatoms. The second kappa shape index (κ2) is 22.4. The van der Waals surface area contributed by atoms with E-state index in [0.717, 1.165) is 148 Å². The fourth-order valence-corrected chi connectivity index (χ4v) is 24.7. The van der Waals surface area contributed by atoms with Crippen molar-refractivity contribution in [3.63, 3.8) is 0 Å². The van der Waals surface area contributed by atoms with Crippen molar-refractivity contribution in [3.05, 3.63) is 107 Å². The third kappa shape index (κ3) is 10.2. The van der Waals surface area contributed by atoms with Gasteiger partial charge in [-0.05, 0) is 276 Å². The number of piperidine rings is 2. The van der Waals surface area contributed by atoms with Crippen LogP contribution in [0.2, 0.25) is 0 Å². The van der Waals surface area contributed by atoms with E-state index in [2.05, 4.69) is 133 Å². The molecule has 12 unspecified atom stereocenters. The smallest absolute Gasteiger partial charge is 0.226 e. The Labute approximate surface area is 515 Å². The van der Waals surface area contributed by atoms with Crippen LogP contribution in [0.25, 0.3) is 0 Å². The Morgan fingerprint density at radius 2 is 1.23 bits per heavy atom. The van der Waals surface area contributed by atoms with E-state index in [1.165, 1.54) is 72.8 Å². The number of carbonyl (C=O) groups excluding carboxylic acids is 3. The standard InChI is InChI=1S/C76H107FN6O3/c1-5-68-35-53-36-72(41-68,47-73(37-53,42-68)66(85)82-61-28-33-80-51(4)34-61)57-21-23-59(24-22-57)75-44-69(6-2)43-74(48-75,49-76(45-69,50-75)67(86)81-60-25-14-52(39-78)15-26-60)58-19-16-54(17-20-58)65-55(18-27-64(84)83-63-29-32-79-40-62(63)77)38-71(56-12-9-8-10-13-56)31-11-30-70(65,7-3)46-71/h8-10,12-13,16-17,19-24,51-53,55,60-63,65,79-80H,5-7,11,14-15,18,25-50,78H2,1-4H3,(H,81,86)(H,82,85)(H,83,84)/t51-,52?,53?,55?,60?,61-,62-,63+,65?,68?,69?,70?,71?,72?,73?,74?,75?,76?/m0/s1. The van der Waals surface area contributed by atoms with Gasteiger partial charge in [0.1, 0.15) is 6.17 Å². The molecule has 0 spiro atoms. The summed E-state index contributed by atoms with van der Waals surface area (Å²) in [6.45, 7) is 12.3. The number of alkyl halides is 1. The number of nitrogens with one attached hydrogen (secondary N) is 5. The molecule has 466 valence electrons. The third-order valence-electron chi connectivity index (χ3n) is 27.7. The summed E-state index contributed by atoms with van der Waals surface area (Å²) in [5.41, 5.74) is 12.7. The van der Waals surface area contributed by atoms with Gasteiger partial charge in [-0.15, -0.1) is 0 Å². The number of fused-ring (bicyclic) bond motifs is 2. The van der Waals surface area contributed by atoms with Crippen molar-refractivity contribution in [1.82, 2.24) is 26.6 Å². The van der Waals surface area contributed by atoms with Gasteiger partial charge in [0, 0.05) is 31.1 Å². The molecule has 16 atom stereocenters. The highest BCUT2D eigenvalue weighted by atomic mass is 19.1. The summed E-state index contributed by atoms with van der Waals surface area (Å²) < 4.78 is 15.1. The first-order valence-electron chi connectivity index (χ1n) is 35.4. The lowest BCUT2D eigenvalue weighted by Gasteiger charge is -2.70. The van der Waals surface area contributed by atoms with Crippen LogP contribution in [-0.4, -0.2) is 74.2 Å². The Morgan fingerprint density at radius 3 is 1.91 bits per heavy atom. The van der Waals surface area contributed by atoms with Gasteiger partial charge in [0.15, 0.2) is 0 Å². The van der Waals surface area contributed by atoms with Gasteiger partial charge in [-0.25, -0.2) is 4.39 Å². The van der Waals surface area contributed by atoms with E-state index in [-0.39, 0.29) is 61.3 Å². The number of rotatable bonds is 17. The maximum absolute atomic E-state index is 15.8. The molecule has 0 radical (unpaired) electrons. The fourth-order valence-electron chi connectivity index (χ4n) is 24.7. The molecular weight excluding hydrogens is 1060 g/mol. The summed E-state index contributed by atoms with van der Waals surface area (Å²) in [7, 11) is 0. The van der Waals surface area contributed by atoms with Crippen molar-refractivity contribution in [2.75, 3.05) is 26.2 Å². The normalized spacial score (nSPS) is 43.8. The minimum Gasteiger partial charge on any atom is -0.353 e. The molecule has 2 saturated heterocycles. The van der Waals surface area contributed by atoms with Crippen molar-refractivity contribution >= 4 is 17.7 Å². The zero-order valence-electron chi connectivity index (χ0n) is 53.2. The minimum atomic E-state index is -1.06. The monoisotopic (exact) mass is 1170 g/mol. The van der Waals surface area contributed by atoms with Crippen LogP contribution in [0.4, 0.5) is 4.39 Å². The van der Waals surface area contributed by atoms with Crippen LogP contribution < -0.4 is 32.3 Å². The van der Waals surface area contributed by atoms with Crippen molar-refractivity contribution < 1.29 is 18.8 Å². The van der Waals surface area contributed by atoms with Gasteiger partial charge in [0.05, 0.1) is 16.9 Å². The summed E-state index contributed by atoms with van der Waals surface area (Å²) in [5, 5.41) is 17.4. The van der Waals surface area contributed by atoms with Gasteiger partial charge >= 0.3 is 0 Å². The number of halogens is 1. The summed E-state index contributed by atoms with van der Waals surface area (Å²) >= 11 is 0. The predicted octanol–water partition coefficient (Wildman–Crippen LogP) is 13.7. The van der Waals surface area contributed by atoms with Gasteiger partial charge in [0.2, 0.25) is 17.7 Å². The lowest BCUT2D eigenvalue weighted by Crippen LogP contribution is -2.67. The van der Waals surface area contributed by atoms with Gasteiger partial charge < -0.3 is 32.3 Å². The largest absolute Gasteiger partial charge is 0.353 e. The Kier molecular flexibility index (Phi) is 15.5. The van der Waals surface area contributed by atoms with Gasteiger partial charge in [-0.1, -0.05) is 119 Å². The maximum atomic E-state index is 15.8. The van der Waals surface area contributed by atoms with E-state index in [4.69, 9.17) is 5.73 Å². The summed E-state index contributed by atoms with van der Waals surface area (Å²) in [4.78, 5) is 44.7. The molecule has 9 nitrogen and oxygen atoms in total. The molecule has 7 N–H and O–H groups in total. The molecule has 2 aliphatic heterocycles. The molecule has 11 aliphatic carbocycles. The molecule has 11 saturated carbocycles. The van der Waals surface area contributed by atoms with E-state index in [1.807, 2.05) is 0 Å². The molecule has 13 aliphatic rings. The van der Waals surface area contributed by atoms with Crippen LogP contribution in [0.1, 0.15) is 248 Å². The van der Waals surface area contributed by atoms with Crippen molar-refractivity contribution in [2.45, 2.75) is 272 Å². The van der Waals surface area contributed by atoms with E-state index in [1.54, 1.807) is 0 Å². The molecule has 86 heavy (non-hydrogen) atoms.